The second-order valence-corrected chi connectivity index (χ2v) is 7.68. The van der Waals surface area contributed by atoms with Gasteiger partial charge in [-0.1, -0.05) is 18.5 Å². The topological polar surface area (TPSA) is 112 Å². The van der Waals surface area contributed by atoms with Crippen molar-refractivity contribution in [1.29, 1.82) is 0 Å². The molecule has 188 valence electrons. The lowest BCUT2D eigenvalue weighted by Crippen LogP contribution is -2.50. The van der Waals surface area contributed by atoms with Gasteiger partial charge in [0.1, 0.15) is 23.9 Å². The number of ether oxygens (including phenoxy) is 2. The van der Waals surface area contributed by atoms with Crippen LogP contribution in [0.2, 0.25) is 5.02 Å². The maximum absolute atomic E-state index is 14.8. The number of nitrogens with zero attached hydrogens (tertiary/aromatic N) is 2. The van der Waals surface area contributed by atoms with E-state index in [1.165, 1.54) is 18.4 Å². The lowest BCUT2D eigenvalue weighted by Gasteiger charge is -2.36. The van der Waals surface area contributed by atoms with Crippen molar-refractivity contribution < 1.29 is 36.9 Å². The molecule has 2 N–H and O–H groups in total. The zero-order valence-corrected chi connectivity index (χ0v) is 18.9. The van der Waals surface area contributed by atoms with E-state index >= 15 is 0 Å². The first-order valence-electron chi connectivity index (χ1n) is 9.89. The molecule has 1 aliphatic heterocycles. The van der Waals surface area contributed by atoms with Crippen LogP contribution < -0.4 is 21.3 Å². The number of carboxylic acid groups (broad SMARTS) is 1. The summed E-state index contributed by atoms with van der Waals surface area (Å²) >= 11 is 6.08. The Labute approximate surface area is 199 Å². The summed E-state index contributed by atoms with van der Waals surface area (Å²) in [5, 5.41) is 11.5. The monoisotopic (exact) mass is 519 g/mol. The van der Waals surface area contributed by atoms with E-state index in [0.717, 1.165) is 13.1 Å². The van der Waals surface area contributed by atoms with Crippen molar-refractivity contribution in [3.8, 4) is 11.4 Å². The molecule has 14 heteroatoms. The molecule has 0 aliphatic carbocycles. The largest absolute Gasteiger partial charge is 0.480 e. The van der Waals surface area contributed by atoms with Crippen molar-refractivity contribution in [2.45, 2.75) is 25.2 Å². The van der Waals surface area contributed by atoms with Gasteiger partial charge in [0.25, 0.3) is 5.56 Å². The number of halogens is 5. The summed E-state index contributed by atoms with van der Waals surface area (Å²) in [6.07, 6.45) is -0.429. The Bertz CT molecular complexity index is 1350. The average Bonchev–Trinajstić information content (AvgIpc) is 2.77. The van der Waals surface area contributed by atoms with E-state index in [1.54, 1.807) is 6.92 Å². The minimum Gasteiger partial charge on any atom is -0.480 e. The summed E-state index contributed by atoms with van der Waals surface area (Å²) < 4.78 is 65.7. The van der Waals surface area contributed by atoms with E-state index in [9.17, 15) is 31.9 Å². The van der Waals surface area contributed by atoms with Crippen molar-refractivity contribution in [2.24, 2.45) is 7.05 Å². The van der Waals surface area contributed by atoms with Crippen LogP contribution in [0.3, 0.4) is 0 Å². The number of dihydropyridines is 1. The average molecular weight is 520 g/mol. The zero-order chi connectivity index (χ0) is 26.1. The van der Waals surface area contributed by atoms with Crippen LogP contribution >= 0.6 is 11.6 Å². The first-order valence-corrected chi connectivity index (χ1v) is 10.3. The number of alkyl halides is 3. The van der Waals surface area contributed by atoms with Gasteiger partial charge in [-0.15, -0.1) is 0 Å². The van der Waals surface area contributed by atoms with Gasteiger partial charge in [0.2, 0.25) is 0 Å². The van der Waals surface area contributed by atoms with E-state index in [4.69, 9.17) is 26.2 Å². The third-order valence-electron chi connectivity index (χ3n) is 5.07. The van der Waals surface area contributed by atoms with E-state index < -0.39 is 52.9 Å². The van der Waals surface area contributed by atoms with E-state index in [1.807, 2.05) is 0 Å². The van der Waals surface area contributed by atoms with Crippen molar-refractivity contribution in [3.05, 3.63) is 79.7 Å². The number of aliphatic carboxylic acids is 1. The number of hydrogen-bond acceptors (Lipinski definition) is 6. The lowest BCUT2D eigenvalue weighted by atomic mass is 10.1. The van der Waals surface area contributed by atoms with Crippen LogP contribution in [0.1, 0.15) is 19.0 Å². The molecule has 0 radical (unpaired) electrons. The highest BCUT2D eigenvalue weighted by Crippen LogP contribution is 2.35. The summed E-state index contributed by atoms with van der Waals surface area (Å²) in [5.74, 6) is -2.71. The van der Waals surface area contributed by atoms with Gasteiger partial charge in [-0.2, -0.15) is 13.2 Å². The van der Waals surface area contributed by atoms with Gasteiger partial charge in [-0.25, -0.2) is 18.5 Å². The highest BCUT2D eigenvalue weighted by molar-refractivity contribution is 6.32. The maximum atomic E-state index is 14.8. The minimum absolute atomic E-state index is 0.0101. The van der Waals surface area contributed by atoms with Crippen molar-refractivity contribution in [1.82, 2.24) is 14.5 Å². The molecule has 0 bridgehead atoms. The summed E-state index contributed by atoms with van der Waals surface area (Å²) in [6, 6.07) is 1.74. The molecule has 2 aromatic rings. The van der Waals surface area contributed by atoms with Crippen LogP contribution in [-0.4, -0.2) is 32.5 Å². The van der Waals surface area contributed by atoms with Crippen LogP contribution in [-0.2, 0) is 22.8 Å². The summed E-state index contributed by atoms with van der Waals surface area (Å²) in [5.41, 5.74) is -6.56. The Morgan fingerprint density at radius 2 is 1.94 bits per heavy atom. The fourth-order valence-corrected chi connectivity index (χ4v) is 3.51. The van der Waals surface area contributed by atoms with Gasteiger partial charge in [0, 0.05) is 19.2 Å². The summed E-state index contributed by atoms with van der Waals surface area (Å²) in [4.78, 5) is 36.0. The molecule has 0 amide bonds. The van der Waals surface area contributed by atoms with Crippen molar-refractivity contribution >= 4 is 17.6 Å². The number of carbonyl (C=O) groups is 1. The SMILES string of the molecule is CCC1(OCC(=O)O)NC=CC=C1Oc1cc(-n2c(=O)cc(C(F)(F)F)n(C)c2=O)c(F)cc1Cl. The van der Waals surface area contributed by atoms with Crippen LogP contribution in [0, 0.1) is 5.82 Å². The van der Waals surface area contributed by atoms with Gasteiger partial charge >= 0.3 is 17.8 Å². The fourth-order valence-electron chi connectivity index (χ4n) is 3.32. The predicted octanol–water partition coefficient (Wildman–Crippen LogP) is 2.93. The molecule has 1 unspecified atom stereocenters. The Hall–Kier alpha value is -3.58. The third kappa shape index (κ3) is 5.10. The molecule has 0 spiro atoms. The van der Waals surface area contributed by atoms with E-state index in [2.05, 4.69) is 5.32 Å². The van der Waals surface area contributed by atoms with Crippen LogP contribution in [0.15, 0.2) is 51.9 Å². The normalized spacial score (nSPS) is 17.6. The molecule has 1 atom stereocenters. The van der Waals surface area contributed by atoms with E-state index in [0.29, 0.717) is 6.07 Å². The number of aromatic nitrogens is 2. The Kier molecular flexibility index (Phi) is 7.13. The maximum Gasteiger partial charge on any atom is 0.431 e. The molecule has 0 saturated carbocycles. The molecule has 9 nitrogen and oxygen atoms in total. The number of rotatable bonds is 7. The Morgan fingerprint density at radius 1 is 1.26 bits per heavy atom. The van der Waals surface area contributed by atoms with Crippen LogP contribution in [0.5, 0.6) is 5.75 Å². The quantitative estimate of drug-likeness (QED) is 0.541. The van der Waals surface area contributed by atoms with Gasteiger partial charge < -0.3 is 19.9 Å². The van der Waals surface area contributed by atoms with Crippen LogP contribution in [0.25, 0.3) is 5.69 Å². The van der Waals surface area contributed by atoms with E-state index in [-0.39, 0.29) is 38.2 Å². The molecular weight excluding hydrogens is 502 g/mol. The van der Waals surface area contributed by atoms with Crippen molar-refractivity contribution in [2.75, 3.05) is 6.61 Å². The molecule has 3 rings (SSSR count). The highest BCUT2D eigenvalue weighted by Gasteiger charge is 2.38. The van der Waals surface area contributed by atoms with Crippen LogP contribution in [0.4, 0.5) is 17.6 Å². The second-order valence-electron chi connectivity index (χ2n) is 7.28. The number of allylic oxidation sites excluding steroid dienone is 2. The number of hydrogen-bond donors (Lipinski definition) is 2. The smallest absolute Gasteiger partial charge is 0.431 e. The predicted molar refractivity (Wildman–Crippen MR) is 115 cm³/mol. The molecule has 0 fully saturated rings. The molecule has 35 heavy (non-hydrogen) atoms. The second kappa shape index (κ2) is 9.58. The lowest BCUT2D eigenvalue weighted by molar-refractivity contribution is -0.151. The van der Waals surface area contributed by atoms with Gasteiger partial charge in [-0.3, -0.25) is 9.36 Å². The number of benzene rings is 1. The molecular formula is C21H18ClF4N3O6. The molecule has 2 heterocycles. The minimum atomic E-state index is -4.99. The molecule has 1 aromatic carbocycles. The fraction of sp³-hybridized carbons (Fsp3) is 0.286. The van der Waals surface area contributed by atoms with Crippen molar-refractivity contribution in [3.63, 3.8) is 0 Å². The van der Waals surface area contributed by atoms with Gasteiger partial charge in [0.15, 0.2) is 11.5 Å². The Morgan fingerprint density at radius 3 is 2.54 bits per heavy atom. The van der Waals surface area contributed by atoms with Gasteiger partial charge in [-0.05, 0) is 30.8 Å². The van der Waals surface area contributed by atoms with Gasteiger partial charge in [0.05, 0.1) is 10.7 Å². The number of nitrogens with one attached hydrogen (secondary N) is 1. The first kappa shape index (κ1) is 26.0. The zero-order valence-electron chi connectivity index (χ0n) is 18.2. The first-order chi connectivity index (χ1) is 16.3. The molecule has 1 aliphatic rings. The standard InChI is InChI=1S/C21H18ClF4N3O6/c1-3-20(34-10-18(31)32)16(5-4-6-27-20)35-14-8-13(12(23)7-11(14)22)29-17(30)9-15(21(24,25)26)28(2)19(29)33/h4-9,27H,3,10H2,1-2H3,(H,31,32). The summed E-state index contributed by atoms with van der Waals surface area (Å²) in [7, 11) is 0.784. The third-order valence-corrected chi connectivity index (χ3v) is 5.37. The highest BCUT2D eigenvalue weighted by atomic mass is 35.5. The summed E-state index contributed by atoms with van der Waals surface area (Å²) in [6.45, 7) is 0.961. The number of carboxylic acids is 1. The molecule has 0 saturated heterocycles. The molecule has 1 aromatic heterocycles. The Balaban J connectivity index is 2.12.